The lowest BCUT2D eigenvalue weighted by molar-refractivity contribution is -0.135. The molecule has 0 radical (unpaired) electrons. The van der Waals surface area contributed by atoms with Crippen LogP contribution in [-0.4, -0.2) is 17.3 Å². The molecule has 3 nitrogen and oxygen atoms in total. The van der Waals surface area contributed by atoms with E-state index in [1.165, 1.54) is 0 Å². The predicted molar refractivity (Wildman–Crippen MR) is 40.9 cm³/mol. The number of carbonyl (C=O) groups is 1. The van der Waals surface area contributed by atoms with Gasteiger partial charge in [-0.1, -0.05) is 22.4 Å². The number of halogens is 1. The molecule has 0 spiro atoms. The number of hydrogen-bond donors (Lipinski definition) is 1. The molecule has 0 aromatic rings. The summed E-state index contributed by atoms with van der Waals surface area (Å²) in [5.41, 5.74) is 5.14. The van der Waals surface area contributed by atoms with E-state index in [2.05, 4.69) is 4.65 Å². The van der Waals surface area contributed by atoms with Crippen molar-refractivity contribution in [1.29, 1.82) is 0 Å². The summed E-state index contributed by atoms with van der Waals surface area (Å²) in [6, 6.07) is -0.496. The lowest BCUT2D eigenvalue weighted by atomic mass is 10.4. The molecular weight excluding hydrogens is 220 g/mol. The molecule has 46 valence electrons. The molecule has 5 heteroatoms. The van der Waals surface area contributed by atoms with Crippen LogP contribution >= 0.6 is 22.4 Å². The van der Waals surface area contributed by atoms with E-state index in [1.54, 1.807) is 6.92 Å². The first-order valence-electron chi connectivity index (χ1n) is 2.16. The highest BCUT2D eigenvalue weighted by molar-refractivity contribution is 14.1. The predicted octanol–water partition coefficient (Wildman–Crippen LogP) is -0.422. The van der Waals surface area contributed by atoms with Crippen LogP contribution in [0.15, 0.2) is 0 Å². The Morgan fingerprint density at radius 1 is 2.00 bits per heavy atom. The zero-order valence-electron chi connectivity index (χ0n) is 4.56. The Bertz CT molecular complexity index is 87.4. The summed E-state index contributed by atoms with van der Waals surface area (Å²) < 4.78 is 4.53. The molecule has 0 amide bonds. The van der Waals surface area contributed by atoms with Gasteiger partial charge in [-0.05, 0) is 6.92 Å². The summed E-state index contributed by atoms with van der Waals surface area (Å²) in [7, 11) is 0. The van der Waals surface area contributed by atoms with Gasteiger partial charge in [-0.15, -0.1) is 0 Å². The van der Waals surface area contributed by atoms with E-state index in [1.807, 2.05) is 22.4 Å². The van der Waals surface area contributed by atoms with E-state index in [4.69, 9.17) is 5.73 Å². The van der Waals surface area contributed by atoms with Gasteiger partial charge in [0, 0.05) is 0 Å². The first-order chi connectivity index (χ1) is 3.68. The second-order valence-electron chi connectivity index (χ2n) is 1.36. The van der Waals surface area contributed by atoms with Gasteiger partial charge in [0.25, 0.3) is 0 Å². The van der Waals surface area contributed by atoms with Gasteiger partial charge in [-0.3, -0.25) is 4.79 Å². The molecule has 0 fully saturated rings. The summed E-state index contributed by atoms with van der Waals surface area (Å²) >= 11 is 1.94. The summed E-state index contributed by atoms with van der Waals surface area (Å²) in [6.07, 6.45) is 0. The Balaban J connectivity index is 3.33. The Morgan fingerprint density at radius 3 is 2.62 bits per heavy atom. The second kappa shape index (κ2) is 4.14. The summed E-state index contributed by atoms with van der Waals surface area (Å²) in [5.74, 6) is -0.348. The molecule has 1 unspecified atom stereocenters. The van der Waals surface area contributed by atoms with Crippen molar-refractivity contribution < 1.29 is 9.45 Å². The van der Waals surface area contributed by atoms with Crippen LogP contribution in [-0.2, 0) is 9.45 Å². The maximum absolute atomic E-state index is 10.4. The number of nitrogens with two attached hydrogens (primary N) is 1. The minimum atomic E-state index is -0.496. The maximum atomic E-state index is 10.4. The minimum absolute atomic E-state index is 0.348. The van der Waals surface area contributed by atoms with E-state index in [9.17, 15) is 4.79 Å². The smallest absolute Gasteiger partial charge is 0.414 e. The van der Waals surface area contributed by atoms with Crippen LogP contribution in [0.3, 0.4) is 0 Å². The van der Waals surface area contributed by atoms with Gasteiger partial charge >= 0.3 is 11.3 Å². The highest BCUT2D eigenvalue weighted by atomic mass is 127. The van der Waals surface area contributed by atoms with E-state index < -0.39 is 6.04 Å². The fourth-order valence-electron chi connectivity index (χ4n) is 0.185. The molecule has 1 atom stereocenters. The van der Waals surface area contributed by atoms with E-state index >= 15 is 0 Å². The Morgan fingerprint density at radius 2 is 2.50 bits per heavy atom. The fraction of sp³-hybridized carbons (Fsp3) is 0.667. The molecule has 0 aromatic carbocycles. The second-order valence-corrected chi connectivity index (χ2v) is 1.98. The molecule has 0 aliphatic carbocycles. The topological polar surface area (TPSA) is 52.3 Å². The number of hydrogen-bond acceptors (Lipinski definition) is 3. The molecule has 0 aromatic heterocycles. The average molecular weight is 227 g/mol. The molecule has 0 heterocycles. The standard InChI is InChI=1S/C3H7BINO2/c1-2(6)3(7)8-4-5/h2,4H,6H2,1H3. The maximum Gasteiger partial charge on any atom is 0.414 e. The first kappa shape index (κ1) is 8.22. The van der Waals surface area contributed by atoms with Crippen LogP contribution in [0.1, 0.15) is 6.92 Å². The quantitative estimate of drug-likeness (QED) is 0.514. The summed E-state index contributed by atoms with van der Waals surface area (Å²) in [5, 5.41) is 0.373. The van der Waals surface area contributed by atoms with Gasteiger partial charge in [-0.25, -0.2) is 0 Å². The van der Waals surface area contributed by atoms with Crippen molar-refractivity contribution in [2.24, 2.45) is 5.73 Å². The molecule has 0 saturated carbocycles. The molecule has 0 bridgehead atoms. The van der Waals surface area contributed by atoms with Crippen molar-refractivity contribution in [3.8, 4) is 0 Å². The van der Waals surface area contributed by atoms with E-state index in [0.29, 0.717) is 5.34 Å². The Kier molecular flexibility index (Phi) is 4.25. The third kappa shape index (κ3) is 3.26. The van der Waals surface area contributed by atoms with Crippen molar-refractivity contribution >= 4 is 33.7 Å². The van der Waals surface area contributed by atoms with Crippen molar-refractivity contribution in [3.63, 3.8) is 0 Å². The molecular formula is C3H7BINO2. The number of rotatable bonds is 2. The van der Waals surface area contributed by atoms with Gasteiger partial charge in [0.1, 0.15) is 0 Å². The van der Waals surface area contributed by atoms with Crippen molar-refractivity contribution in [2.75, 3.05) is 0 Å². The van der Waals surface area contributed by atoms with Crippen molar-refractivity contribution in [3.05, 3.63) is 0 Å². The monoisotopic (exact) mass is 227 g/mol. The zero-order valence-corrected chi connectivity index (χ0v) is 6.71. The lowest BCUT2D eigenvalue weighted by Crippen LogP contribution is -2.28. The SMILES string of the molecule is CC(N)C(=O)OBI. The van der Waals surface area contributed by atoms with Crippen molar-refractivity contribution in [1.82, 2.24) is 0 Å². The summed E-state index contributed by atoms with van der Waals surface area (Å²) in [6.45, 7) is 1.59. The Hall–Kier alpha value is 0.225. The molecule has 2 N–H and O–H groups in total. The van der Waals surface area contributed by atoms with Crippen LogP contribution in [0, 0.1) is 0 Å². The van der Waals surface area contributed by atoms with E-state index in [0.717, 1.165) is 0 Å². The zero-order chi connectivity index (χ0) is 6.57. The molecule has 0 aliphatic rings. The van der Waals surface area contributed by atoms with Gasteiger partial charge in [0.05, 0.1) is 6.04 Å². The molecule has 0 rings (SSSR count). The van der Waals surface area contributed by atoms with Crippen LogP contribution < -0.4 is 5.73 Å². The van der Waals surface area contributed by atoms with Gasteiger partial charge in [-0.2, -0.15) is 0 Å². The van der Waals surface area contributed by atoms with Gasteiger partial charge < -0.3 is 10.4 Å². The van der Waals surface area contributed by atoms with E-state index in [-0.39, 0.29) is 5.97 Å². The first-order valence-corrected chi connectivity index (χ1v) is 3.69. The third-order valence-electron chi connectivity index (χ3n) is 0.569. The van der Waals surface area contributed by atoms with Crippen LogP contribution in [0.5, 0.6) is 0 Å². The third-order valence-corrected chi connectivity index (χ3v) is 0.880. The summed E-state index contributed by atoms with van der Waals surface area (Å²) in [4.78, 5) is 10.4. The molecule has 8 heavy (non-hydrogen) atoms. The van der Waals surface area contributed by atoms with Gasteiger partial charge in [0.2, 0.25) is 0 Å². The average Bonchev–Trinajstić information content (AvgIpc) is 1.67. The van der Waals surface area contributed by atoms with Crippen LogP contribution in [0.25, 0.3) is 0 Å². The molecule has 0 aliphatic heterocycles. The fourth-order valence-corrected chi connectivity index (χ4v) is 0.492. The van der Waals surface area contributed by atoms with Crippen LogP contribution in [0.4, 0.5) is 0 Å². The van der Waals surface area contributed by atoms with Gasteiger partial charge in [0.15, 0.2) is 0 Å². The van der Waals surface area contributed by atoms with Crippen molar-refractivity contribution in [2.45, 2.75) is 13.0 Å². The Labute approximate surface area is 62.1 Å². The lowest BCUT2D eigenvalue weighted by Gasteiger charge is -2.01. The number of carbonyl (C=O) groups excluding carboxylic acids is 1. The largest absolute Gasteiger partial charge is 0.527 e. The minimum Gasteiger partial charge on any atom is -0.527 e. The highest BCUT2D eigenvalue weighted by Crippen LogP contribution is 1.84. The normalized spacial score (nSPS) is 12.4. The highest BCUT2D eigenvalue weighted by Gasteiger charge is 2.06. The molecule has 0 saturated heterocycles. The van der Waals surface area contributed by atoms with Crippen LogP contribution in [0.2, 0.25) is 0 Å².